The Labute approximate surface area is 121 Å². The van der Waals surface area contributed by atoms with Crippen LogP contribution in [0.3, 0.4) is 0 Å². The van der Waals surface area contributed by atoms with Gasteiger partial charge in [-0.3, -0.25) is 0 Å². The summed E-state index contributed by atoms with van der Waals surface area (Å²) in [6, 6.07) is 15.0. The van der Waals surface area contributed by atoms with Crippen LogP contribution in [0.25, 0.3) is 0 Å². The molecule has 2 heteroatoms. The Morgan fingerprint density at radius 3 is 2.45 bits per heavy atom. The zero-order chi connectivity index (χ0) is 14.5. The molecule has 106 valence electrons. The largest absolute Gasteiger partial charge is 0.494 e. The maximum Gasteiger partial charge on any atom is 0.124 e. The van der Waals surface area contributed by atoms with Crippen LogP contribution in [0.4, 0.5) is 0 Å². The first-order valence-electron chi connectivity index (χ1n) is 7.13. The Morgan fingerprint density at radius 1 is 1.05 bits per heavy atom. The van der Waals surface area contributed by atoms with E-state index < -0.39 is 0 Å². The number of para-hydroxylation sites is 1. The number of benzene rings is 2. The maximum absolute atomic E-state index is 5.76. The molecule has 0 spiro atoms. The van der Waals surface area contributed by atoms with E-state index in [0.29, 0.717) is 6.61 Å². The topological polar surface area (TPSA) is 21.3 Å². The van der Waals surface area contributed by atoms with Gasteiger partial charge in [-0.05, 0) is 45.0 Å². The van der Waals surface area contributed by atoms with Gasteiger partial charge in [0, 0.05) is 5.56 Å². The first kappa shape index (κ1) is 14.6. The van der Waals surface area contributed by atoms with E-state index in [9.17, 15) is 0 Å². The molecule has 1 N–H and O–H groups in total. The van der Waals surface area contributed by atoms with E-state index in [1.54, 1.807) is 0 Å². The van der Waals surface area contributed by atoms with Gasteiger partial charge < -0.3 is 10.1 Å². The Morgan fingerprint density at radius 2 is 1.80 bits per heavy atom. The highest BCUT2D eigenvalue weighted by Crippen LogP contribution is 2.31. The van der Waals surface area contributed by atoms with E-state index in [1.807, 2.05) is 26.1 Å². The number of hydrogen-bond donors (Lipinski definition) is 1. The van der Waals surface area contributed by atoms with Crippen LogP contribution < -0.4 is 10.1 Å². The minimum absolute atomic E-state index is 0.151. The van der Waals surface area contributed by atoms with Gasteiger partial charge in [0.1, 0.15) is 5.75 Å². The van der Waals surface area contributed by atoms with Crippen molar-refractivity contribution in [2.45, 2.75) is 26.8 Å². The number of nitrogens with one attached hydrogen (secondary N) is 1. The molecule has 2 aromatic rings. The molecule has 2 nitrogen and oxygen atoms in total. The van der Waals surface area contributed by atoms with Crippen molar-refractivity contribution in [3.8, 4) is 5.75 Å². The lowest BCUT2D eigenvalue weighted by Crippen LogP contribution is -2.19. The van der Waals surface area contributed by atoms with E-state index >= 15 is 0 Å². The molecule has 2 rings (SSSR count). The standard InChI is InChI=1S/C18H23NO/c1-5-20-17-9-7-6-8-16(17)18(19-4)15-11-10-13(2)12-14(15)3/h6-12,18-19H,5H2,1-4H3. The van der Waals surface area contributed by atoms with Crippen LogP contribution in [-0.2, 0) is 0 Å². The number of aryl methyl sites for hydroxylation is 2. The Hall–Kier alpha value is -1.80. The van der Waals surface area contributed by atoms with E-state index in [0.717, 1.165) is 5.75 Å². The third-order valence-electron chi connectivity index (χ3n) is 3.55. The minimum atomic E-state index is 0.151. The molecule has 1 unspecified atom stereocenters. The first-order chi connectivity index (χ1) is 9.67. The van der Waals surface area contributed by atoms with Crippen LogP contribution in [0.15, 0.2) is 42.5 Å². The SMILES string of the molecule is CCOc1ccccc1C(NC)c1ccc(C)cc1C. The fourth-order valence-corrected chi connectivity index (χ4v) is 2.63. The summed E-state index contributed by atoms with van der Waals surface area (Å²) >= 11 is 0. The second-order valence-electron chi connectivity index (χ2n) is 5.05. The van der Waals surface area contributed by atoms with Crippen molar-refractivity contribution in [1.82, 2.24) is 5.32 Å². The summed E-state index contributed by atoms with van der Waals surface area (Å²) in [5.41, 5.74) is 5.07. The normalized spacial score (nSPS) is 12.2. The van der Waals surface area contributed by atoms with Gasteiger partial charge in [-0.2, -0.15) is 0 Å². The van der Waals surface area contributed by atoms with Crippen molar-refractivity contribution in [2.75, 3.05) is 13.7 Å². The molecule has 0 fully saturated rings. The van der Waals surface area contributed by atoms with Crippen LogP contribution >= 0.6 is 0 Å². The van der Waals surface area contributed by atoms with Crippen molar-refractivity contribution in [2.24, 2.45) is 0 Å². The van der Waals surface area contributed by atoms with Gasteiger partial charge in [0.25, 0.3) is 0 Å². The third kappa shape index (κ3) is 3.02. The zero-order valence-corrected chi connectivity index (χ0v) is 12.7. The van der Waals surface area contributed by atoms with E-state index in [2.05, 4.69) is 49.5 Å². The van der Waals surface area contributed by atoms with Crippen LogP contribution in [0.5, 0.6) is 5.75 Å². The van der Waals surface area contributed by atoms with Crippen LogP contribution in [0.2, 0.25) is 0 Å². The molecule has 0 bridgehead atoms. The van der Waals surface area contributed by atoms with E-state index in [4.69, 9.17) is 4.74 Å². The molecule has 0 amide bonds. The van der Waals surface area contributed by atoms with Gasteiger partial charge in [-0.25, -0.2) is 0 Å². The van der Waals surface area contributed by atoms with Gasteiger partial charge in [0.15, 0.2) is 0 Å². The predicted octanol–water partition coefficient (Wildman–Crippen LogP) is 4.01. The lowest BCUT2D eigenvalue weighted by atomic mass is 9.93. The number of hydrogen-bond acceptors (Lipinski definition) is 2. The van der Waals surface area contributed by atoms with Crippen molar-refractivity contribution in [3.63, 3.8) is 0 Å². The van der Waals surface area contributed by atoms with Crippen molar-refractivity contribution >= 4 is 0 Å². The molecule has 1 atom stereocenters. The Bertz CT molecular complexity index is 577. The van der Waals surface area contributed by atoms with Crippen LogP contribution in [0, 0.1) is 13.8 Å². The van der Waals surface area contributed by atoms with Crippen LogP contribution in [0.1, 0.15) is 35.2 Å². The lowest BCUT2D eigenvalue weighted by Gasteiger charge is -2.22. The molecule has 0 saturated carbocycles. The lowest BCUT2D eigenvalue weighted by molar-refractivity contribution is 0.334. The maximum atomic E-state index is 5.76. The average molecular weight is 269 g/mol. The first-order valence-corrected chi connectivity index (χ1v) is 7.13. The molecule has 0 aliphatic carbocycles. The smallest absolute Gasteiger partial charge is 0.124 e. The molecule has 0 radical (unpaired) electrons. The fraction of sp³-hybridized carbons (Fsp3) is 0.333. The average Bonchev–Trinajstić information content (AvgIpc) is 2.44. The number of ether oxygens (including phenoxy) is 1. The van der Waals surface area contributed by atoms with E-state index in [1.165, 1.54) is 22.3 Å². The van der Waals surface area contributed by atoms with Gasteiger partial charge in [-0.1, -0.05) is 42.0 Å². The third-order valence-corrected chi connectivity index (χ3v) is 3.55. The molecular weight excluding hydrogens is 246 g/mol. The molecular formula is C18H23NO. The summed E-state index contributed by atoms with van der Waals surface area (Å²) in [4.78, 5) is 0. The molecule has 0 heterocycles. The highest BCUT2D eigenvalue weighted by molar-refractivity contribution is 5.44. The molecule has 0 aromatic heterocycles. The summed E-state index contributed by atoms with van der Waals surface area (Å²) in [5.74, 6) is 0.953. The summed E-state index contributed by atoms with van der Waals surface area (Å²) in [5, 5.41) is 3.41. The molecule has 0 saturated heterocycles. The second kappa shape index (κ2) is 6.58. The molecule has 0 aliphatic heterocycles. The predicted molar refractivity (Wildman–Crippen MR) is 84.4 cm³/mol. The zero-order valence-electron chi connectivity index (χ0n) is 12.7. The van der Waals surface area contributed by atoms with Gasteiger partial charge in [0.2, 0.25) is 0 Å². The highest BCUT2D eigenvalue weighted by atomic mass is 16.5. The van der Waals surface area contributed by atoms with Gasteiger partial charge >= 0.3 is 0 Å². The number of rotatable bonds is 5. The van der Waals surface area contributed by atoms with Crippen molar-refractivity contribution in [1.29, 1.82) is 0 Å². The quantitative estimate of drug-likeness (QED) is 0.885. The van der Waals surface area contributed by atoms with Crippen molar-refractivity contribution in [3.05, 3.63) is 64.7 Å². The molecule has 20 heavy (non-hydrogen) atoms. The summed E-state index contributed by atoms with van der Waals surface area (Å²) in [7, 11) is 1.99. The minimum Gasteiger partial charge on any atom is -0.494 e. The second-order valence-corrected chi connectivity index (χ2v) is 5.05. The van der Waals surface area contributed by atoms with Crippen molar-refractivity contribution < 1.29 is 4.74 Å². The van der Waals surface area contributed by atoms with Crippen LogP contribution in [-0.4, -0.2) is 13.7 Å². The highest BCUT2D eigenvalue weighted by Gasteiger charge is 2.17. The Balaban J connectivity index is 2.47. The van der Waals surface area contributed by atoms with Gasteiger partial charge in [-0.15, -0.1) is 0 Å². The molecule has 0 aliphatic rings. The van der Waals surface area contributed by atoms with Gasteiger partial charge in [0.05, 0.1) is 12.6 Å². The Kier molecular flexibility index (Phi) is 4.80. The molecule has 2 aromatic carbocycles. The summed E-state index contributed by atoms with van der Waals surface area (Å²) in [6.07, 6.45) is 0. The monoisotopic (exact) mass is 269 g/mol. The fourth-order valence-electron chi connectivity index (χ4n) is 2.63. The summed E-state index contributed by atoms with van der Waals surface area (Å²) in [6.45, 7) is 6.98. The van der Waals surface area contributed by atoms with E-state index in [-0.39, 0.29) is 6.04 Å². The summed E-state index contributed by atoms with van der Waals surface area (Å²) < 4.78 is 5.76.